The van der Waals surface area contributed by atoms with E-state index in [4.69, 9.17) is 4.74 Å². The maximum atomic E-state index is 12.2. The molecule has 1 aliphatic rings. The highest BCUT2D eigenvalue weighted by Crippen LogP contribution is 2.19. The number of aromatic nitrogens is 3. The number of aryl methyl sites for hydroxylation is 2. The van der Waals surface area contributed by atoms with Crippen molar-refractivity contribution < 1.29 is 9.53 Å². The van der Waals surface area contributed by atoms with Gasteiger partial charge in [-0.2, -0.15) is 5.10 Å². The van der Waals surface area contributed by atoms with Gasteiger partial charge in [0.1, 0.15) is 11.7 Å². The Labute approximate surface area is 128 Å². The summed E-state index contributed by atoms with van der Waals surface area (Å²) >= 11 is 0. The number of nitrogens with zero attached hydrogens (tertiary/aromatic N) is 2. The van der Waals surface area contributed by atoms with E-state index in [2.05, 4.69) is 10.1 Å². The van der Waals surface area contributed by atoms with Crippen LogP contribution >= 0.6 is 0 Å². The third-order valence-electron chi connectivity index (χ3n) is 3.87. The Morgan fingerprint density at radius 1 is 1.45 bits per heavy atom. The van der Waals surface area contributed by atoms with E-state index in [1.165, 1.54) is 0 Å². The lowest BCUT2D eigenvalue weighted by atomic mass is 9.95. The Morgan fingerprint density at radius 3 is 3.05 bits per heavy atom. The number of carbonyl (C=O) groups excluding carboxylic acids is 1. The van der Waals surface area contributed by atoms with Crippen LogP contribution in [0.3, 0.4) is 0 Å². The van der Waals surface area contributed by atoms with Crippen molar-refractivity contribution in [2.45, 2.75) is 45.3 Å². The van der Waals surface area contributed by atoms with Crippen molar-refractivity contribution >= 4 is 5.97 Å². The maximum Gasteiger partial charge on any atom is 0.344 e. The lowest BCUT2D eigenvalue weighted by Gasteiger charge is -2.17. The SMILES string of the molecule is CC(Cn1cccn1)OC(=O)c1cc2c([nH]c1=O)CCCC2. The second-order valence-corrected chi connectivity index (χ2v) is 5.67. The highest BCUT2D eigenvalue weighted by atomic mass is 16.5. The molecule has 0 aromatic carbocycles. The molecule has 1 aliphatic carbocycles. The Hall–Kier alpha value is -2.37. The van der Waals surface area contributed by atoms with Gasteiger partial charge in [0.2, 0.25) is 0 Å². The molecule has 2 aromatic heterocycles. The van der Waals surface area contributed by atoms with Gasteiger partial charge in [0.25, 0.3) is 5.56 Å². The summed E-state index contributed by atoms with van der Waals surface area (Å²) in [5, 5.41) is 4.07. The fourth-order valence-corrected chi connectivity index (χ4v) is 2.78. The number of hydrogen-bond donors (Lipinski definition) is 1. The van der Waals surface area contributed by atoms with Crippen molar-refractivity contribution in [2.75, 3.05) is 0 Å². The molecule has 1 N–H and O–H groups in total. The summed E-state index contributed by atoms with van der Waals surface area (Å²) in [5.74, 6) is -0.575. The first kappa shape index (κ1) is 14.6. The van der Waals surface area contributed by atoms with E-state index in [1.807, 2.05) is 6.07 Å². The number of pyridine rings is 1. The van der Waals surface area contributed by atoms with Crippen molar-refractivity contribution in [1.82, 2.24) is 14.8 Å². The number of aromatic amines is 1. The summed E-state index contributed by atoms with van der Waals surface area (Å²) < 4.78 is 7.05. The van der Waals surface area contributed by atoms with Crippen LogP contribution in [0, 0.1) is 0 Å². The van der Waals surface area contributed by atoms with Gasteiger partial charge in [-0.15, -0.1) is 0 Å². The fraction of sp³-hybridized carbons (Fsp3) is 0.438. The van der Waals surface area contributed by atoms with Crippen molar-refractivity contribution in [2.24, 2.45) is 0 Å². The molecular formula is C16H19N3O3. The minimum absolute atomic E-state index is 0.0907. The highest BCUT2D eigenvalue weighted by molar-refractivity contribution is 5.89. The number of H-pyrrole nitrogens is 1. The second-order valence-electron chi connectivity index (χ2n) is 5.67. The number of carbonyl (C=O) groups is 1. The van der Waals surface area contributed by atoms with Gasteiger partial charge in [0.05, 0.1) is 6.54 Å². The van der Waals surface area contributed by atoms with E-state index in [1.54, 1.807) is 30.1 Å². The van der Waals surface area contributed by atoms with Crippen LogP contribution < -0.4 is 5.56 Å². The zero-order chi connectivity index (χ0) is 15.5. The van der Waals surface area contributed by atoms with E-state index >= 15 is 0 Å². The lowest BCUT2D eigenvalue weighted by molar-refractivity contribution is 0.0296. The summed E-state index contributed by atoms with van der Waals surface area (Å²) in [6.45, 7) is 2.24. The predicted molar refractivity (Wildman–Crippen MR) is 80.8 cm³/mol. The number of ether oxygens (including phenoxy) is 1. The molecule has 3 rings (SSSR count). The van der Waals surface area contributed by atoms with Gasteiger partial charge >= 0.3 is 5.97 Å². The molecule has 0 aliphatic heterocycles. The van der Waals surface area contributed by atoms with E-state index in [0.717, 1.165) is 36.9 Å². The smallest absolute Gasteiger partial charge is 0.344 e. The highest BCUT2D eigenvalue weighted by Gasteiger charge is 2.20. The zero-order valence-corrected chi connectivity index (χ0v) is 12.5. The predicted octanol–water partition coefficient (Wildman–Crippen LogP) is 1.70. The molecular weight excluding hydrogens is 282 g/mol. The first-order chi connectivity index (χ1) is 10.6. The molecule has 0 fully saturated rings. The van der Waals surface area contributed by atoms with Crippen molar-refractivity contribution in [1.29, 1.82) is 0 Å². The number of nitrogens with one attached hydrogen (secondary N) is 1. The molecule has 0 radical (unpaired) electrons. The van der Waals surface area contributed by atoms with Crippen LogP contribution in [0.5, 0.6) is 0 Å². The van der Waals surface area contributed by atoms with Crippen LogP contribution in [-0.2, 0) is 24.1 Å². The Bertz CT molecular complexity index is 719. The molecule has 0 saturated carbocycles. The van der Waals surface area contributed by atoms with E-state index < -0.39 is 5.97 Å². The summed E-state index contributed by atoms with van der Waals surface area (Å²) in [4.78, 5) is 27.1. The summed E-state index contributed by atoms with van der Waals surface area (Å²) in [7, 11) is 0. The summed E-state index contributed by atoms with van der Waals surface area (Å²) in [6, 6.07) is 3.50. The van der Waals surface area contributed by atoms with E-state index in [-0.39, 0.29) is 17.2 Å². The molecule has 1 atom stereocenters. The Kier molecular flexibility index (Phi) is 4.09. The molecule has 22 heavy (non-hydrogen) atoms. The standard InChI is InChI=1S/C16H19N3O3/c1-11(10-19-8-4-7-17-19)22-16(21)13-9-12-5-2-3-6-14(12)18-15(13)20/h4,7-9,11H,2-3,5-6,10H2,1H3,(H,18,20). The Balaban J connectivity index is 1.73. The van der Waals surface area contributed by atoms with Crippen LogP contribution in [0.4, 0.5) is 0 Å². The zero-order valence-electron chi connectivity index (χ0n) is 12.5. The number of hydrogen-bond acceptors (Lipinski definition) is 4. The van der Waals surface area contributed by atoms with Crippen LogP contribution in [-0.4, -0.2) is 26.8 Å². The first-order valence-corrected chi connectivity index (χ1v) is 7.57. The normalized spacial score (nSPS) is 15.1. The number of rotatable bonds is 4. The molecule has 6 heteroatoms. The van der Waals surface area contributed by atoms with Gasteiger partial charge in [0, 0.05) is 18.1 Å². The van der Waals surface area contributed by atoms with Gasteiger partial charge in [-0.1, -0.05) is 0 Å². The summed E-state index contributed by atoms with van der Waals surface area (Å²) in [5.41, 5.74) is 1.74. The molecule has 0 spiro atoms. The largest absolute Gasteiger partial charge is 0.457 e. The molecule has 0 saturated heterocycles. The second kappa shape index (κ2) is 6.17. The quantitative estimate of drug-likeness (QED) is 0.872. The maximum absolute atomic E-state index is 12.2. The van der Waals surface area contributed by atoms with E-state index in [0.29, 0.717) is 6.54 Å². The minimum atomic E-state index is -0.575. The van der Waals surface area contributed by atoms with Gasteiger partial charge in [-0.05, 0) is 50.3 Å². The molecule has 0 amide bonds. The van der Waals surface area contributed by atoms with Gasteiger partial charge in [-0.25, -0.2) is 4.79 Å². The number of esters is 1. The molecule has 6 nitrogen and oxygen atoms in total. The average Bonchev–Trinajstić information content (AvgIpc) is 2.99. The van der Waals surface area contributed by atoms with Crippen molar-refractivity contribution in [3.63, 3.8) is 0 Å². The van der Waals surface area contributed by atoms with E-state index in [9.17, 15) is 9.59 Å². The monoisotopic (exact) mass is 301 g/mol. The molecule has 2 heterocycles. The third kappa shape index (κ3) is 3.10. The molecule has 2 aromatic rings. The average molecular weight is 301 g/mol. The van der Waals surface area contributed by atoms with Crippen LogP contribution in [0.1, 0.15) is 41.4 Å². The van der Waals surface area contributed by atoms with Crippen molar-refractivity contribution in [3.8, 4) is 0 Å². The van der Waals surface area contributed by atoms with Gasteiger partial charge in [0.15, 0.2) is 0 Å². The van der Waals surface area contributed by atoms with Gasteiger partial charge in [-0.3, -0.25) is 9.48 Å². The van der Waals surface area contributed by atoms with Crippen LogP contribution in [0.2, 0.25) is 0 Å². The van der Waals surface area contributed by atoms with Crippen LogP contribution in [0.25, 0.3) is 0 Å². The molecule has 1 unspecified atom stereocenters. The molecule has 116 valence electrons. The third-order valence-corrected chi connectivity index (χ3v) is 3.87. The summed E-state index contributed by atoms with van der Waals surface area (Å²) in [6.07, 6.45) is 7.04. The van der Waals surface area contributed by atoms with Gasteiger partial charge < -0.3 is 9.72 Å². The molecule has 0 bridgehead atoms. The fourth-order valence-electron chi connectivity index (χ4n) is 2.78. The topological polar surface area (TPSA) is 77.0 Å². The van der Waals surface area contributed by atoms with Crippen LogP contribution in [0.15, 0.2) is 29.3 Å². The Morgan fingerprint density at radius 2 is 2.27 bits per heavy atom. The number of fused-ring (bicyclic) bond motifs is 1. The van der Waals surface area contributed by atoms with Crippen molar-refractivity contribution in [3.05, 3.63) is 51.7 Å². The lowest BCUT2D eigenvalue weighted by Crippen LogP contribution is -2.27. The minimum Gasteiger partial charge on any atom is -0.457 e. The first-order valence-electron chi connectivity index (χ1n) is 7.57.